The Morgan fingerprint density at radius 2 is 2.17 bits per heavy atom. The van der Waals surface area contributed by atoms with E-state index in [2.05, 4.69) is 39.0 Å². The Hall–Kier alpha value is -0.560. The van der Waals surface area contributed by atoms with Gasteiger partial charge in [0.05, 0.1) is 0 Å². The molecule has 0 aromatic rings. The molecule has 0 amide bonds. The SMILES string of the molecule is C=CCCN(C)CC(C)C(=C)C. The Bertz CT molecular complexity index is 149. The molecular formula is C11H21N. The molecule has 0 aliphatic carbocycles. The summed E-state index contributed by atoms with van der Waals surface area (Å²) < 4.78 is 0. The van der Waals surface area contributed by atoms with Gasteiger partial charge in [-0.25, -0.2) is 0 Å². The predicted molar refractivity (Wildman–Crippen MR) is 56.3 cm³/mol. The topological polar surface area (TPSA) is 3.24 Å². The van der Waals surface area contributed by atoms with Crippen LogP contribution in [0.4, 0.5) is 0 Å². The van der Waals surface area contributed by atoms with Crippen LogP contribution in [0.25, 0.3) is 0 Å². The molecule has 0 aromatic heterocycles. The lowest BCUT2D eigenvalue weighted by Gasteiger charge is -2.20. The third-order valence-corrected chi connectivity index (χ3v) is 2.14. The lowest BCUT2D eigenvalue weighted by Crippen LogP contribution is -2.25. The van der Waals surface area contributed by atoms with E-state index in [4.69, 9.17) is 0 Å². The minimum atomic E-state index is 0.597. The van der Waals surface area contributed by atoms with Gasteiger partial charge in [0.1, 0.15) is 0 Å². The quantitative estimate of drug-likeness (QED) is 0.550. The Morgan fingerprint density at radius 1 is 1.58 bits per heavy atom. The van der Waals surface area contributed by atoms with Crippen LogP contribution in [0.5, 0.6) is 0 Å². The molecule has 0 rings (SSSR count). The standard InChI is InChI=1S/C11H21N/c1-6-7-8-12(5)9-11(4)10(2)3/h6,11H,1-2,7-9H2,3-5H3. The molecule has 1 nitrogen and oxygen atoms in total. The molecular weight excluding hydrogens is 146 g/mol. The smallest absolute Gasteiger partial charge is 0.00412 e. The van der Waals surface area contributed by atoms with Crippen molar-refractivity contribution in [2.45, 2.75) is 20.3 Å². The number of rotatable bonds is 6. The van der Waals surface area contributed by atoms with Gasteiger partial charge in [0.15, 0.2) is 0 Å². The van der Waals surface area contributed by atoms with E-state index in [1.165, 1.54) is 5.57 Å². The average molecular weight is 167 g/mol. The predicted octanol–water partition coefficient (Wildman–Crippen LogP) is 2.71. The van der Waals surface area contributed by atoms with Crippen molar-refractivity contribution >= 4 is 0 Å². The molecule has 0 saturated carbocycles. The first kappa shape index (κ1) is 11.4. The highest BCUT2D eigenvalue weighted by Gasteiger charge is 2.05. The van der Waals surface area contributed by atoms with Crippen molar-refractivity contribution in [3.63, 3.8) is 0 Å². The van der Waals surface area contributed by atoms with Crippen molar-refractivity contribution in [1.82, 2.24) is 4.90 Å². The fourth-order valence-corrected chi connectivity index (χ4v) is 1.03. The molecule has 0 spiro atoms. The van der Waals surface area contributed by atoms with Gasteiger partial charge >= 0.3 is 0 Å². The Labute approximate surface area is 76.8 Å². The summed E-state index contributed by atoms with van der Waals surface area (Å²) in [6, 6.07) is 0. The molecule has 0 saturated heterocycles. The van der Waals surface area contributed by atoms with Crippen LogP contribution in [0.1, 0.15) is 20.3 Å². The maximum atomic E-state index is 3.94. The molecule has 0 bridgehead atoms. The minimum Gasteiger partial charge on any atom is -0.305 e. The lowest BCUT2D eigenvalue weighted by atomic mass is 10.0. The van der Waals surface area contributed by atoms with Crippen molar-refractivity contribution in [3.05, 3.63) is 24.8 Å². The second-order valence-electron chi connectivity index (χ2n) is 3.59. The van der Waals surface area contributed by atoms with Crippen molar-refractivity contribution in [2.24, 2.45) is 5.92 Å². The van der Waals surface area contributed by atoms with Gasteiger partial charge in [-0.2, -0.15) is 0 Å². The highest BCUT2D eigenvalue weighted by atomic mass is 15.1. The molecule has 0 heterocycles. The molecule has 1 unspecified atom stereocenters. The van der Waals surface area contributed by atoms with Crippen molar-refractivity contribution in [3.8, 4) is 0 Å². The first-order valence-electron chi connectivity index (χ1n) is 4.52. The summed E-state index contributed by atoms with van der Waals surface area (Å²) in [4.78, 5) is 2.32. The van der Waals surface area contributed by atoms with Crippen LogP contribution in [0.3, 0.4) is 0 Å². The van der Waals surface area contributed by atoms with Crippen LogP contribution in [-0.2, 0) is 0 Å². The normalized spacial score (nSPS) is 13.0. The van der Waals surface area contributed by atoms with E-state index >= 15 is 0 Å². The lowest BCUT2D eigenvalue weighted by molar-refractivity contribution is 0.308. The summed E-state index contributed by atoms with van der Waals surface area (Å²) in [6.07, 6.45) is 3.03. The van der Waals surface area contributed by atoms with Crippen LogP contribution in [0, 0.1) is 5.92 Å². The Balaban J connectivity index is 3.60. The number of nitrogens with zero attached hydrogens (tertiary/aromatic N) is 1. The number of hydrogen-bond donors (Lipinski definition) is 0. The van der Waals surface area contributed by atoms with Gasteiger partial charge in [0, 0.05) is 13.1 Å². The average Bonchev–Trinajstić information content (AvgIpc) is 2.00. The number of hydrogen-bond acceptors (Lipinski definition) is 1. The van der Waals surface area contributed by atoms with Gasteiger partial charge in [-0.1, -0.05) is 25.2 Å². The Kier molecular flexibility index (Phi) is 5.73. The second-order valence-corrected chi connectivity index (χ2v) is 3.59. The fraction of sp³-hybridized carbons (Fsp3) is 0.636. The monoisotopic (exact) mass is 167 g/mol. The van der Waals surface area contributed by atoms with Gasteiger partial charge in [0.25, 0.3) is 0 Å². The van der Waals surface area contributed by atoms with E-state index < -0.39 is 0 Å². The highest BCUT2D eigenvalue weighted by Crippen LogP contribution is 2.08. The van der Waals surface area contributed by atoms with Crippen LogP contribution in [0.15, 0.2) is 24.8 Å². The maximum absolute atomic E-state index is 3.94. The van der Waals surface area contributed by atoms with E-state index in [0.717, 1.165) is 19.5 Å². The highest BCUT2D eigenvalue weighted by molar-refractivity contribution is 4.94. The Morgan fingerprint density at radius 3 is 2.58 bits per heavy atom. The first-order valence-corrected chi connectivity index (χ1v) is 4.52. The van der Waals surface area contributed by atoms with E-state index in [9.17, 15) is 0 Å². The fourth-order valence-electron chi connectivity index (χ4n) is 1.03. The maximum Gasteiger partial charge on any atom is 0.00412 e. The third-order valence-electron chi connectivity index (χ3n) is 2.14. The summed E-state index contributed by atoms with van der Waals surface area (Å²) >= 11 is 0. The van der Waals surface area contributed by atoms with E-state index in [0.29, 0.717) is 5.92 Å². The van der Waals surface area contributed by atoms with Crippen molar-refractivity contribution in [1.29, 1.82) is 0 Å². The molecule has 0 radical (unpaired) electrons. The zero-order valence-corrected chi connectivity index (χ0v) is 8.64. The molecule has 0 aliphatic rings. The van der Waals surface area contributed by atoms with E-state index in [-0.39, 0.29) is 0 Å². The van der Waals surface area contributed by atoms with Gasteiger partial charge in [-0.3, -0.25) is 0 Å². The molecule has 70 valence electrons. The van der Waals surface area contributed by atoms with Crippen molar-refractivity contribution < 1.29 is 0 Å². The van der Waals surface area contributed by atoms with Crippen LogP contribution < -0.4 is 0 Å². The van der Waals surface area contributed by atoms with Gasteiger partial charge in [-0.05, 0) is 26.3 Å². The molecule has 1 heteroatoms. The molecule has 0 N–H and O–H groups in total. The van der Waals surface area contributed by atoms with Crippen LogP contribution in [-0.4, -0.2) is 25.0 Å². The van der Waals surface area contributed by atoms with Crippen LogP contribution >= 0.6 is 0 Å². The zero-order chi connectivity index (χ0) is 9.56. The zero-order valence-electron chi connectivity index (χ0n) is 8.64. The van der Waals surface area contributed by atoms with Gasteiger partial charge in [-0.15, -0.1) is 6.58 Å². The minimum absolute atomic E-state index is 0.597. The van der Waals surface area contributed by atoms with Crippen LogP contribution in [0.2, 0.25) is 0 Å². The van der Waals surface area contributed by atoms with Gasteiger partial charge in [0.2, 0.25) is 0 Å². The molecule has 0 aliphatic heterocycles. The summed E-state index contributed by atoms with van der Waals surface area (Å²) in [6.45, 7) is 14.1. The second kappa shape index (κ2) is 6.01. The van der Waals surface area contributed by atoms with E-state index in [1.54, 1.807) is 0 Å². The molecule has 1 atom stereocenters. The molecule has 0 aromatic carbocycles. The van der Waals surface area contributed by atoms with E-state index in [1.807, 2.05) is 6.08 Å². The first-order chi connectivity index (χ1) is 5.57. The molecule has 0 fully saturated rings. The van der Waals surface area contributed by atoms with Gasteiger partial charge < -0.3 is 4.90 Å². The van der Waals surface area contributed by atoms with Crippen molar-refractivity contribution in [2.75, 3.05) is 20.1 Å². The largest absolute Gasteiger partial charge is 0.305 e. The third kappa shape index (κ3) is 5.14. The molecule has 12 heavy (non-hydrogen) atoms. The summed E-state index contributed by atoms with van der Waals surface area (Å²) in [5.41, 5.74) is 1.26. The summed E-state index contributed by atoms with van der Waals surface area (Å²) in [5, 5.41) is 0. The summed E-state index contributed by atoms with van der Waals surface area (Å²) in [5.74, 6) is 0.597. The summed E-state index contributed by atoms with van der Waals surface area (Å²) in [7, 11) is 2.14.